The lowest BCUT2D eigenvalue weighted by Gasteiger charge is -2.11. The Morgan fingerprint density at radius 1 is 0.975 bits per heavy atom. The summed E-state index contributed by atoms with van der Waals surface area (Å²) in [5.74, 6) is -0.956. The number of amides is 1. The molecule has 4 heterocycles. The van der Waals surface area contributed by atoms with E-state index < -0.39 is 17.3 Å². The summed E-state index contributed by atoms with van der Waals surface area (Å²) in [5, 5.41) is 6.95. The minimum atomic E-state index is -0.686. The highest BCUT2D eigenvalue weighted by atomic mass is 19.1. The van der Waals surface area contributed by atoms with Crippen LogP contribution in [0.2, 0.25) is 0 Å². The molecule has 0 saturated heterocycles. The number of halogens is 1. The molecule has 0 radical (unpaired) electrons. The minimum Gasteiger partial charge on any atom is -0.452 e. The maximum Gasteiger partial charge on any atom is 0.284 e. The Morgan fingerprint density at radius 3 is 2.55 bits per heavy atom. The van der Waals surface area contributed by atoms with Crippen molar-refractivity contribution in [2.24, 2.45) is 7.05 Å². The molecular weight excluding hydrogens is 511 g/mol. The van der Waals surface area contributed by atoms with Gasteiger partial charge in [-0.15, -0.1) is 0 Å². The monoisotopic (exact) mass is 534 g/mol. The van der Waals surface area contributed by atoms with Gasteiger partial charge in [0.1, 0.15) is 11.1 Å². The topological polar surface area (TPSA) is 95.5 Å². The number of anilines is 1. The van der Waals surface area contributed by atoms with E-state index in [4.69, 9.17) is 4.74 Å². The zero-order valence-corrected chi connectivity index (χ0v) is 21.6. The number of hydrogen-bond acceptors (Lipinski definition) is 5. The largest absolute Gasteiger partial charge is 0.452 e. The van der Waals surface area contributed by atoms with Gasteiger partial charge in [0.05, 0.1) is 17.6 Å². The minimum absolute atomic E-state index is 0.0255. The van der Waals surface area contributed by atoms with Crippen LogP contribution < -0.4 is 15.6 Å². The van der Waals surface area contributed by atoms with Crippen LogP contribution in [0, 0.1) is 12.7 Å². The molecule has 0 saturated carbocycles. The van der Waals surface area contributed by atoms with Crippen LogP contribution in [0.25, 0.3) is 22.3 Å². The molecule has 40 heavy (non-hydrogen) atoms. The number of aromatic nitrogens is 5. The van der Waals surface area contributed by atoms with Crippen molar-refractivity contribution < 1.29 is 13.9 Å². The zero-order chi connectivity index (χ0) is 27.8. The van der Waals surface area contributed by atoms with Crippen LogP contribution in [-0.4, -0.2) is 29.9 Å². The van der Waals surface area contributed by atoms with Crippen molar-refractivity contribution in [2.45, 2.75) is 6.92 Å². The number of nitrogens with one attached hydrogen (secondary N) is 1. The Kier molecular flexibility index (Phi) is 6.19. The van der Waals surface area contributed by atoms with Crippen molar-refractivity contribution in [3.05, 3.63) is 125 Å². The molecule has 0 atom stereocenters. The summed E-state index contributed by atoms with van der Waals surface area (Å²) in [7, 11) is 1.70. The van der Waals surface area contributed by atoms with Crippen molar-refractivity contribution in [1.82, 2.24) is 24.0 Å². The Balaban J connectivity index is 1.27. The fourth-order valence-corrected chi connectivity index (χ4v) is 4.66. The fraction of sp³-hybridized carbons (Fsp3) is 0.0667. The van der Waals surface area contributed by atoms with Crippen LogP contribution in [0.15, 0.2) is 102 Å². The van der Waals surface area contributed by atoms with E-state index in [1.165, 1.54) is 16.8 Å². The third kappa shape index (κ3) is 4.31. The van der Waals surface area contributed by atoms with E-state index in [1.807, 2.05) is 36.4 Å². The second-order valence-electron chi connectivity index (χ2n) is 9.10. The van der Waals surface area contributed by atoms with Gasteiger partial charge in [-0.3, -0.25) is 19.3 Å². The average molecular weight is 535 g/mol. The fourth-order valence-electron chi connectivity index (χ4n) is 4.66. The van der Waals surface area contributed by atoms with E-state index in [1.54, 1.807) is 66.2 Å². The quantitative estimate of drug-likeness (QED) is 0.310. The van der Waals surface area contributed by atoms with Crippen molar-refractivity contribution in [3.8, 4) is 28.3 Å². The number of rotatable bonds is 6. The van der Waals surface area contributed by atoms with Crippen LogP contribution in [0.1, 0.15) is 16.1 Å². The van der Waals surface area contributed by atoms with Gasteiger partial charge in [0, 0.05) is 54.6 Å². The Morgan fingerprint density at radius 2 is 1.80 bits per heavy atom. The Bertz CT molecular complexity index is 1930. The van der Waals surface area contributed by atoms with Crippen molar-refractivity contribution >= 4 is 17.1 Å². The first-order valence-electron chi connectivity index (χ1n) is 12.4. The molecule has 4 aromatic heterocycles. The van der Waals surface area contributed by atoms with E-state index in [-0.39, 0.29) is 17.0 Å². The van der Waals surface area contributed by atoms with E-state index in [2.05, 4.69) is 15.4 Å². The molecule has 9 nitrogen and oxygen atoms in total. The standard InChI is InChI=1S/C30H23FN6O3/c1-19-27(30(39)37(35(19)2)22-8-4-3-5-9-22)29(38)34-21-10-11-25(24(31)17-21)40-26-12-15-33-36-16-13-23(28(26)36)20-7-6-14-32-18-20/h3-18H,1-2H3,(H,34,38). The number of carbonyl (C=O) groups is 1. The maximum atomic E-state index is 15.2. The summed E-state index contributed by atoms with van der Waals surface area (Å²) in [6.07, 6.45) is 6.77. The van der Waals surface area contributed by atoms with Crippen LogP contribution in [0.3, 0.4) is 0 Å². The number of fused-ring (bicyclic) bond motifs is 1. The van der Waals surface area contributed by atoms with E-state index in [0.29, 0.717) is 22.6 Å². The highest BCUT2D eigenvalue weighted by molar-refractivity contribution is 6.05. The van der Waals surface area contributed by atoms with Gasteiger partial charge in [-0.1, -0.05) is 24.3 Å². The molecular formula is C30H23FN6O3. The smallest absolute Gasteiger partial charge is 0.284 e. The first kappa shape index (κ1) is 24.8. The Labute approximate surface area is 227 Å². The normalized spacial score (nSPS) is 11.1. The number of benzene rings is 2. The van der Waals surface area contributed by atoms with Gasteiger partial charge in [-0.2, -0.15) is 5.10 Å². The number of pyridine rings is 1. The molecule has 6 rings (SSSR count). The van der Waals surface area contributed by atoms with Crippen LogP contribution in [0.4, 0.5) is 10.1 Å². The number of nitrogens with zero attached hydrogens (tertiary/aromatic N) is 5. The van der Waals surface area contributed by atoms with Gasteiger partial charge in [-0.05, 0) is 43.3 Å². The summed E-state index contributed by atoms with van der Waals surface area (Å²) in [4.78, 5) is 30.5. The molecule has 0 bridgehead atoms. The predicted molar refractivity (Wildman–Crippen MR) is 149 cm³/mol. The number of hydrogen-bond donors (Lipinski definition) is 1. The molecule has 0 aliphatic carbocycles. The van der Waals surface area contributed by atoms with Crippen molar-refractivity contribution in [3.63, 3.8) is 0 Å². The highest BCUT2D eigenvalue weighted by Gasteiger charge is 2.23. The lowest BCUT2D eigenvalue weighted by atomic mass is 10.1. The average Bonchev–Trinajstić information content (AvgIpc) is 3.50. The molecule has 0 spiro atoms. The molecule has 1 amide bonds. The van der Waals surface area contributed by atoms with Crippen molar-refractivity contribution in [1.29, 1.82) is 0 Å². The first-order valence-corrected chi connectivity index (χ1v) is 12.4. The van der Waals surface area contributed by atoms with E-state index in [0.717, 1.165) is 17.2 Å². The van der Waals surface area contributed by atoms with Crippen LogP contribution >= 0.6 is 0 Å². The lowest BCUT2D eigenvalue weighted by molar-refractivity contribution is 0.102. The molecule has 2 aromatic carbocycles. The molecule has 0 aliphatic rings. The molecule has 0 aliphatic heterocycles. The third-order valence-corrected chi connectivity index (χ3v) is 6.68. The molecule has 0 unspecified atom stereocenters. The van der Waals surface area contributed by atoms with E-state index >= 15 is 4.39 Å². The summed E-state index contributed by atoms with van der Waals surface area (Å²) >= 11 is 0. The molecule has 0 fully saturated rings. The third-order valence-electron chi connectivity index (χ3n) is 6.68. The Hall–Kier alpha value is -5.51. The molecule has 10 heteroatoms. The van der Waals surface area contributed by atoms with Crippen molar-refractivity contribution in [2.75, 3.05) is 5.32 Å². The second kappa shape index (κ2) is 9.99. The van der Waals surface area contributed by atoms with Gasteiger partial charge in [0.15, 0.2) is 17.3 Å². The predicted octanol–water partition coefficient (Wildman–Crippen LogP) is 5.38. The number of carbonyl (C=O) groups excluding carboxylic acids is 1. The van der Waals surface area contributed by atoms with Gasteiger partial charge < -0.3 is 10.1 Å². The number of para-hydroxylation sites is 1. The summed E-state index contributed by atoms with van der Waals surface area (Å²) in [6.45, 7) is 1.68. The summed E-state index contributed by atoms with van der Waals surface area (Å²) in [6, 6.07) is 20.4. The molecule has 1 N–H and O–H groups in total. The highest BCUT2D eigenvalue weighted by Crippen LogP contribution is 2.35. The second-order valence-corrected chi connectivity index (χ2v) is 9.10. The maximum absolute atomic E-state index is 15.2. The van der Waals surface area contributed by atoms with Gasteiger partial charge >= 0.3 is 0 Å². The lowest BCUT2D eigenvalue weighted by Crippen LogP contribution is -2.25. The molecule has 6 aromatic rings. The number of ether oxygens (including phenoxy) is 1. The van der Waals surface area contributed by atoms with Gasteiger partial charge in [-0.25, -0.2) is 13.6 Å². The first-order chi connectivity index (χ1) is 19.4. The van der Waals surface area contributed by atoms with Crippen LogP contribution in [0.5, 0.6) is 11.5 Å². The van der Waals surface area contributed by atoms with Gasteiger partial charge in [0.2, 0.25) is 0 Å². The summed E-state index contributed by atoms with van der Waals surface area (Å²) in [5.41, 5.74) is 3.15. The van der Waals surface area contributed by atoms with Gasteiger partial charge in [0.25, 0.3) is 11.5 Å². The molecule has 198 valence electrons. The van der Waals surface area contributed by atoms with Crippen LogP contribution in [-0.2, 0) is 7.05 Å². The van der Waals surface area contributed by atoms with E-state index in [9.17, 15) is 9.59 Å². The SMILES string of the molecule is Cc1c(C(=O)Nc2ccc(Oc3ccnn4ccc(-c5cccnc5)c34)c(F)c2)c(=O)n(-c2ccccc2)n1C. The zero-order valence-electron chi connectivity index (χ0n) is 21.6. The summed E-state index contributed by atoms with van der Waals surface area (Å²) < 4.78 is 25.9.